The van der Waals surface area contributed by atoms with Crippen LogP contribution in [0.15, 0.2) is 41.2 Å². The Hall–Kier alpha value is -3.47. The average molecular weight is 351 g/mol. The van der Waals surface area contributed by atoms with Gasteiger partial charge in [0.2, 0.25) is 5.91 Å². The molecule has 8 nitrogen and oxygen atoms in total. The number of hydrogen-bond donors (Lipinski definition) is 0. The Bertz CT molecular complexity index is 958. The van der Waals surface area contributed by atoms with Gasteiger partial charge in [0.15, 0.2) is 0 Å². The molecule has 0 unspecified atom stereocenters. The second-order valence-electron chi connectivity index (χ2n) is 6.13. The maximum absolute atomic E-state index is 12.7. The van der Waals surface area contributed by atoms with Crippen molar-refractivity contribution in [3.05, 3.63) is 58.0 Å². The summed E-state index contributed by atoms with van der Waals surface area (Å²) in [5, 5.41) is 12.8. The van der Waals surface area contributed by atoms with Crippen LogP contribution in [-0.4, -0.2) is 45.6 Å². The lowest BCUT2D eigenvalue weighted by atomic mass is 10.1. The first-order valence-corrected chi connectivity index (χ1v) is 8.06. The molecule has 0 spiro atoms. The van der Waals surface area contributed by atoms with Gasteiger partial charge < -0.3 is 9.80 Å². The number of aryl methyl sites for hydroxylation is 1. The second kappa shape index (κ2) is 6.80. The smallest absolute Gasteiger partial charge is 0.275 e. The molecule has 8 heteroatoms. The summed E-state index contributed by atoms with van der Waals surface area (Å²) in [6, 6.07) is 11.2. The van der Waals surface area contributed by atoms with Gasteiger partial charge in [0.05, 0.1) is 11.6 Å². The first kappa shape index (κ1) is 17.4. The molecule has 2 amide bonds. The van der Waals surface area contributed by atoms with Gasteiger partial charge in [-0.1, -0.05) is 0 Å². The van der Waals surface area contributed by atoms with E-state index in [0.717, 1.165) is 4.68 Å². The van der Waals surface area contributed by atoms with Crippen molar-refractivity contribution in [3.8, 4) is 6.07 Å². The summed E-state index contributed by atoms with van der Waals surface area (Å²) >= 11 is 0. The second-order valence-corrected chi connectivity index (χ2v) is 6.13. The van der Waals surface area contributed by atoms with Crippen LogP contribution in [0, 0.1) is 11.3 Å². The Morgan fingerprint density at radius 2 is 1.88 bits per heavy atom. The summed E-state index contributed by atoms with van der Waals surface area (Å²) in [6.07, 6.45) is 0. The molecule has 1 aromatic carbocycles. The van der Waals surface area contributed by atoms with Crippen molar-refractivity contribution in [3.63, 3.8) is 0 Å². The zero-order valence-corrected chi connectivity index (χ0v) is 14.4. The molecule has 0 aliphatic carbocycles. The third kappa shape index (κ3) is 3.19. The van der Waals surface area contributed by atoms with E-state index in [-0.39, 0.29) is 35.7 Å². The molecule has 3 rings (SSSR count). The molecule has 0 saturated carbocycles. The molecule has 2 heterocycles. The third-order valence-corrected chi connectivity index (χ3v) is 4.33. The van der Waals surface area contributed by atoms with Crippen molar-refractivity contribution in [1.29, 1.82) is 5.26 Å². The standard InChI is InChI=1S/C18H17N5O3/c1-12-10-23(14-5-3-13(9-19)4-6-14)17(25)11-22(12)18(26)15-7-8-16(24)21(2)20-15/h3-8,12H,10-11H2,1-2H3/t12-/m0/s1. The Kier molecular flexibility index (Phi) is 4.54. The number of nitrogens with zero attached hydrogens (tertiary/aromatic N) is 5. The minimum Gasteiger partial charge on any atom is -0.323 e. The van der Waals surface area contributed by atoms with Crippen molar-refractivity contribution < 1.29 is 9.59 Å². The highest BCUT2D eigenvalue weighted by atomic mass is 16.2. The molecule has 0 bridgehead atoms. The third-order valence-electron chi connectivity index (χ3n) is 4.33. The van der Waals surface area contributed by atoms with Crippen LogP contribution in [0.1, 0.15) is 23.0 Å². The lowest BCUT2D eigenvalue weighted by Crippen LogP contribution is -2.57. The van der Waals surface area contributed by atoms with Crippen LogP contribution in [-0.2, 0) is 11.8 Å². The highest BCUT2D eigenvalue weighted by Crippen LogP contribution is 2.21. The summed E-state index contributed by atoms with van der Waals surface area (Å²) in [5.41, 5.74) is 1.02. The molecule has 1 fully saturated rings. The van der Waals surface area contributed by atoms with Crippen LogP contribution in [0.2, 0.25) is 0 Å². The van der Waals surface area contributed by atoms with Crippen LogP contribution in [0.25, 0.3) is 0 Å². The SMILES string of the molecule is C[C@H]1CN(c2ccc(C#N)cc2)C(=O)CN1C(=O)c1ccc(=O)n(C)n1. The Morgan fingerprint density at radius 3 is 2.50 bits per heavy atom. The molecule has 0 radical (unpaired) electrons. The zero-order valence-electron chi connectivity index (χ0n) is 14.4. The quantitative estimate of drug-likeness (QED) is 0.786. The molecular formula is C18H17N5O3. The van der Waals surface area contributed by atoms with E-state index in [1.54, 1.807) is 29.2 Å². The minimum atomic E-state index is -0.388. The molecule has 1 atom stereocenters. The lowest BCUT2D eigenvalue weighted by molar-refractivity contribution is -0.121. The number of rotatable bonds is 2. The fourth-order valence-electron chi connectivity index (χ4n) is 2.85. The Labute approximate surface area is 149 Å². The van der Waals surface area contributed by atoms with Gasteiger partial charge in [-0.3, -0.25) is 14.4 Å². The van der Waals surface area contributed by atoms with Gasteiger partial charge in [0.25, 0.3) is 11.5 Å². The Balaban J connectivity index is 1.80. The van der Waals surface area contributed by atoms with Crippen molar-refractivity contribution in [2.24, 2.45) is 7.05 Å². The number of amides is 2. The fraction of sp³-hybridized carbons (Fsp3) is 0.278. The Morgan fingerprint density at radius 1 is 1.19 bits per heavy atom. The highest BCUT2D eigenvalue weighted by Gasteiger charge is 2.34. The molecule has 1 aromatic heterocycles. The van der Waals surface area contributed by atoms with Gasteiger partial charge >= 0.3 is 0 Å². The molecule has 26 heavy (non-hydrogen) atoms. The van der Waals surface area contributed by atoms with E-state index in [2.05, 4.69) is 5.10 Å². The lowest BCUT2D eigenvalue weighted by Gasteiger charge is -2.39. The molecule has 0 N–H and O–H groups in total. The van der Waals surface area contributed by atoms with Gasteiger partial charge in [-0.25, -0.2) is 4.68 Å². The molecular weight excluding hydrogens is 334 g/mol. The predicted molar refractivity (Wildman–Crippen MR) is 93.5 cm³/mol. The van der Waals surface area contributed by atoms with E-state index in [0.29, 0.717) is 17.8 Å². The zero-order chi connectivity index (χ0) is 18.8. The maximum Gasteiger partial charge on any atom is 0.275 e. The first-order chi connectivity index (χ1) is 12.4. The summed E-state index contributed by atoms with van der Waals surface area (Å²) in [7, 11) is 1.47. The number of nitriles is 1. The number of piperazine rings is 1. The summed E-state index contributed by atoms with van der Waals surface area (Å²) in [5.74, 6) is -0.605. The van der Waals surface area contributed by atoms with Crippen LogP contribution < -0.4 is 10.5 Å². The summed E-state index contributed by atoms with van der Waals surface area (Å²) in [6.45, 7) is 2.11. The van der Waals surface area contributed by atoms with Crippen molar-refractivity contribution in [2.75, 3.05) is 18.0 Å². The summed E-state index contributed by atoms with van der Waals surface area (Å²) in [4.78, 5) is 39.7. The largest absolute Gasteiger partial charge is 0.323 e. The van der Waals surface area contributed by atoms with Crippen LogP contribution in [0.5, 0.6) is 0 Å². The van der Waals surface area contributed by atoms with Gasteiger partial charge in [0.1, 0.15) is 12.2 Å². The van der Waals surface area contributed by atoms with E-state index in [9.17, 15) is 14.4 Å². The van der Waals surface area contributed by atoms with Gasteiger partial charge in [-0.2, -0.15) is 10.4 Å². The number of carbonyl (C=O) groups excluding carboxylic acids is 2. The number of carbonyl (C=O) groups is 2. The van der Waals surface area contributed by atoms with E-state index < -0.39 is 0 Å². The fourth-order valence-corrected chi connectivity index (χ4v) is 2.85. The van der Waals surface area contributed by atoms with Crippen molar-refractivity contribution >= 4 is 17.5 Å². The molecule has 2 aromatic rings. The molecule has 1 aliphatic heterocycles. The normalized spacial score (nSPS) is 17.1. The maximum atomic E-state index is 12.7. The van der Waals surface area contributed by atoms with E-state index in [4.69, 9.17) is 5.26 Å². The minimum absolute atomic E-state index is 0.0788. The van der Waals surface area contributed by atoms with E-state index >= 15 is 0 Å². The average Bonchev–Trinajstić information content (AvgIpc) is 2.65. The molecule has 1 saturated heterocycles. The molecule has 132 valence electrons. The van der Waals surface area contributed by atoms with Crippen LogP contribution >= 0.6 is 0 Å². The monoisotopic (exact) mass is 351 g/mol. The van der Waals surface area contributed by atoms with Gasteiger partial charge in [-0.05, 0) is 37.3 Å². The van der Waals surface area contributed by atoms with Gasteiger partial charge in [0, 0.05) is 31.4 Å². The van der Waals surface area contributed by atoms with Crippen molar-refractivity contribution in [2.45, 2.75) is 13.0 Å². The van der Waals surface area contributed by atoms with E-state index in [1.807, 2.05) is 13.0 Å². The number of hydrogen-bond acceptors (Lipinski definition) is 5. The van der Waals surface area contributed by atoms with E-state index in [1.165, 1.54) is 24.1 Å². The van der Waals surface area contributed by atoms with Gasteiger partial charge in [-0.15, -0.1) is 0 Å². The highest BCUT2D eigenvalue weighted by molar-refractivity contribution is 6.01. The summed E-state index contributed by atoms with van der Waals surface area (Å²) < 4.78 is 1.09. The van der Waals surface area contributed by atoms with Crippen molar-refractivity contribution in [1.82, 2.24) is 14.7 Å². The number of benzene rings is 1. The van der Waals surface area contributed by atoms with Crippen LogP contribution in [0.3, 0.4) is 0 Å². The first-order valence-electron chi connectivity index (χ1n) is 8.06. The van der Waals surface area contributed by atoms with Crippen LogP contribution in [0.4, 0.5) is 5.69 Å². The predicted octanol–water partition coefficient (Wildman–Crippen LogP) is 0.529. The number of aromatic nitrogens is 2. The number of anilines is 1. The molecule has 1 aliphatic rings. The topological polar surface area (TPSA) is 99.3 Å².